The van der Waals surface area contributed by atoms with Crippen LogP contribution in [0.3, 0.4) is 0 Å². The first-order chi connectivity index (χ1) is 4.70. The molecule has 0 aliphatic rings. The molecular formula is C7H12O3. The monoisotopic (exact) mass is 144 g/mol. The van der Waals surface area contributed by atoms with Crippen molar-refractivity contribution >= 4 is 12.3 Å². The lowest BCUT2D eigenvalue weighted by molar-refractivity contribution is -0.141. The van der Waals surface area contributed by atoms with Gasteiger partial charge in [0.1, 0.15) is 6.29 Å². The number of aldehydes is 1. The molecule has 0 rings (SSSR count). The van der Waals surface area contributed by atoms with Gasteiger partial charge >= 0.3 is 5.97 Å². The van der Waals surface area contributed by atoms with E-state index in [0.29, 0.717) is 12.8 Å². The van der Waals surface area contributed by atoms with Crippen LogP contribution in [0.1, 0.15) is 19.8 Å². The number of hydrogen-bond donors (Lipinski definition) is 0. The average molecular weight is 144 g/mol. The van der Waals surface area contributed by atoms with E-state index >= 15 is 0 Å². The van der Waals surface area contributed by atoms with Crippen molar-refractivity contribution in [2.24, 2.45) is 5.92 Å². The lowest BCUT2D eigenvalue weighted by atomic mass is 10.1. The summed E-state index contributed by atoms with van der Waals surface area (Å²) in [7, 11) is 1.34. The van der Waals surface area contributed by atoms with Crippen molar-refractivity contribution in [2.75, 3.05) is 7.11 Å². The van der Waals surface area contributed by atoms with Crippen LogP contribution in [0.2, 0.25) is 0 Å². The van der Waals surface area contributed by atoms with Crippen LogP contribution in [0.4, 0.5) is 0 Å². The van der Waals surface area contributed by atoms with Crippen molar-refractivity contribution < 1.29 is 14.3 Å². The molecule has 0 fully saturated rings. The van der Waals surface area contributed by atoms with Crippen molar-refractivity contribution in [3.05, 3.63) is 0 Å². The summed E-state index contributed by atoms with van der Waals surface area (Å²) in [6.07, 6.45) is 1.57. The van der Waals surface area contributed by atoms with Crippen LogP contribution in [0.15, 0.2) is 0 Å². The summed E-state index contributed by atoms with van der Waals surface area (Å²) >= 11 is 0. The molecule has 1 atom stereocenters. The fourth-order valence-electron chi connectivity index (χ4n) is 0.615. The Morgan fingerprint density at radius 2 is 2.30 bits per heavy atom. The number of ether oxygens (including phenoxy) is 1. The standard InChI is InChI=1S/C7H12O3/c1-6(3-4-8)5-7(9)10-2/h4,6H,3,5H2,1-2H3. The molecular weight excluding hydrogens is 132 g/mol. The van der Waals surface area contributed by atoms with Crippen molar-refractivity contribution in [1.29, 1.82) is 0 Å². The van der Waals surface area contributed by atoms with E-state index in [1.807, 2.05) is 6.92 Å². The zero-order chi connectivity index (χ0) is 7.98. The first-order valence-electron chi connectivity index (χ1n) is 3.21. The van der Waals surface area contributed by atoms with Gasteiger partial charge in [0.2, 0.25) is 0 Å². The maximum absolute atomic E-state index is 10.6. The number of rotatable bonds is 4. The molecule has 0 saturated carbocycles. The summed E-state index contributed by atoms with van der Waals surface area (Å²) in [6.45, 7) is 1.84. The molecule has 0 aromatic rings. The van der Waals surface area contributed by atoms with E-state index in [0.717, 1.165) is 6.29 Å². The summed E-state index contributed by atoms with van der Waals surface area (Å²) in [5, 5.41) is 0. The Morgan fingerprint density at radius 3 is 2.70 bits per heavy atom. The van der Waals surface area contributed by atoms with Crippen LogP contribution >= 0.6 is 0 Å². The van der Waals surface area contributed by atoms with Gasteiger partial charge in [0, 0.05) is 12.8 Å². The zero-order valence-electron chi connectivity index (χ0n) is 6.29. The highest BCUT2D eigenvalue weighted by molar-refractivity contribution is 5.69. The van der Waals surface area contributed by atoms with Gasteiger partial charge in [-0.2, -0.15) is 0 Å². The Bertz CT molecular complexity index is 120. The third kappa shape index (κ3) is 4.06. The van der Waals surface area contributed by atoms with Crippen LogP contribution in [0, 0.1) is 5.92 Å². The summed E-state index contributed by atoms with van der Waals surface area (Å²) in [5.41, 5.74) is 0. The molecule has 58 valence electrons. The zero-order valence-corrected chi connectivity index (χ0v) is 6.29. The van der Waals surface area contributed by atoms with E-state index in [1.165, 1.54) is 7.11 Å². The number of carbonyl (C=O) groups excluding carboxylic acids is 2. The lowest BCUT2D eigenvalue weighted by Gasteiger charge is -2.03. The van der Waals surface area contributed by atoms with Crippen LogP contribution in [0.25, 0.3) is 0 Å². The predicted molar refractivity (Wildman–Crippen MR) is 36.5 cm³/mol. The van der Waals surface area contributed by atoms with Crippen LogP contribution in [-0.4, -0.2) is 19.4 Å². The van der Waals surface area contributed by atoms with E-state index in [1.54, 1.807) is 0 Å². The topological polar surface area (TPSA) is 43.4 Å². The quantitative estimate of drug-likeness (QED) is 0.432. The average Bonchev–Trinajstić information content (AvgIpc) is 1.88. The fourth-order valence-corrected chi connectivity index (χ4v) is 0.615. The van der Waals surface area contributed by atoms with E-state index in [9.17, 15) is 9.59 Å². The third-order valence-corrected chi connectivity index (χ3v) is 1.24. The third-order valence-electron chi connectivity index (χ3n) is 1.24. The molecule has 0 amide bonds. The second kappa shape index (κ2) is 4.97. The Hall–Kier alpha value is -0.860. The van der Waals surface area contributed by atoms with Gasteiger partial charge in [0.15, 0.2) is 0 Å². The summed E-state index contributed by atoms with van der Waals surface area (Å²) in [4.78, 5) is 20.5. The smallest absolute Gasteiger partial charge is 0.305 e. The summed E-state index contributed by atoms with van der Waals surface area (Å²) < 4.78 is 4.41. The van der Waals surface area contributed by atoms with Crippen molar-refractivity contribution in [3.8, 4) is 0 Å². The van der Waals surface area contributed by atoms with Gasteiger partial charge in [0.25, 0.3) is 0 Å². The number of esters is 1. The summed E-state index contributed by atoms with van der Waals surface area (Å²) in [6, 6.07) is 0. The van der Waals surface area contributed by atoms with Gasteiger partial charge in [-0.15, -0.1) is 0 Å². The number of methoxy groups -OCH3 is 1. The SMILES string of the molecule is COC(=O)CC(C)CC=O. The maximum atomic E-state index is 10.6. The van der Waals surface area contributed by atoms with Crippen molar-refractivity contribution in [1.82, 2.24) is 0 Å². The minimum atomic E-state index is -0.255. The minimum absolute atomic E-state index is 0.102. The second-order valence-corrected chi connectivity index (χ2v) is 2.29. The molecule has 0 aliphatic carbocycles. The van der Waals surface area contributed by atoms with Crippen molar-refractivity contribution in [3.63, 3.8) is 0 Å². The molecule has 1 unspecified atom stereocenters. The highest BCUT2D eigenvalue weighted by atomic mass is 16.5. The fraction of sp³-hybridized carbons (Fsp3) is 0.714. The Balaban J connectivity index is 3.46. The molecule has 0 N–H and O–H groups in total. The first-order valence-corrected chi connectivity index (χ1v) is 3.21. The van der Waals surface area contributed by atoms with E-state index in [-0.39, 0.29) is 11.9 Å². The van der Waals surface area contributed by atoms with Crippen LogP contribution in [0.5, 0.6) is 0 Å². The van der Waals surface area contributed by atoms with Gasteiger partial charge in [-0.3, -0.25) is 4.79 Å². The van der Waals surface area contributed by atoms with Gasteiger partial charge in [0.05, 0.1) is 7.11 Å². The second-order valence-electron chi connectivity index (χ2n) is 2.29. The lowest BCUT2D eigenvalue weighted by Crippen LogP contribution is -2.07. The molecule has 10 heavy (non-hydrogen) atoms. The highest BCUT2D eigenvalue weighted by Crippen LogP contribution is 2.05. The molecule has 3 heteroatoms. The van der Waals surface area contributed by atoms with Crippen molar-refractivity contribution in [2.45, 2.75) is 19.8 Å². The molecule has 0 heterocycles. The molecule has 0 aromatic heterocycles. The molecule has 0 radical (unpaired) electrons. The predicted octanol–water partition coefficient (Wildman–Crippen LogP) is 0.775. The molecule has 0 bridgehead atoms. The molecule has 0 spiro atoms. The minimum Gasteiger partial charge on any atom is -0.469 e. The number of hydrogen-bond acceptors (Lipinski definition) is 3. The van der Waals surface area contributed by atoms with E-state index < -0.39 is 0 Å². The van der Waals surface area contributed by atoms with Crippen LogP contribution < -0.4 is 0 Å². The highest BCUT2D eigenvalue weighted by Gasteiger charge is 2.07. The van der Waals surface area contributed by atoms with E-state index in [4.69, 9.17) is 0 Å². The Morgan fingerprint density at radius 1 is 1.70 bits per heavy atom. The van der Waals surface area contributed by atoms with E-state index in [2.05, 4.69) is 4.74 Å². The van der Waals surface area contributed by atoms with Gasteiger partial charge < -0.3 is 9.53 Å². The largest absolute Gasteiger partial charge is 0.469 e. The molecule has 0 saturated heterocycles. The molecule has 0 aromatic carbocycles. The van der Waals surface area contributed by atoms with Gasteiger partial charge in [-0.25, -0.2) is 0 Å². The van der Waals surface area contributed by atoms with Gasteiger partial charge in [-0.05, 0) is 5.92 Å². The number of carbonyl (C=O) groups is 2. The summed E-state index contributed by atoms with van der Waals surface area (Å²) in [5.74, 6) is -0.153. The Kier molecular flexibility index (Phi) is 4.54. The molecule has 3 nitrogen and oxygen atoms in total. The van der Waals surface area contributed by atoms with Crippen LogP contribution in [-0.2, 0) is 14.3 Å². The maximum Gasteiger partial charge on any atom is 0.305 e. The first kappa shape index (κ1) is 9.14. The Labute approximate surface area is 60.4 Å². The molecule has 0 aliphatic heterocycles. The normalized spacial score (nSPS) is 12.2. The van der Waals surface area contributed by atoms with Gasteiger partial charge in [-0.1, -0.05) is 6.92 Å².